The average Bonchev–Trinajstić information content (AvgIpc) is 2.37. The number of halogens is 1. The van der Waals surface area contributed by atoms with E-state index in [-0.39, 0.29) is 0 Å². The van der Waals surface area contributed by atoms with Gasteiger partial charge in [0.15, 0.2) is 0 Å². The number of nitrogens with zero attached hydrogens (tertiary/aromatic N) is 2. The van der Waals surface area contributed by atoms with E-state index in [9.17, 15) is 5.26 Å². The number of para-hydroxylation sites is 1. The van der Waals surface area contributed by atoms with Crippen LogP contribution in [0.4, 0.5) is 5.69 Å². The molecule has 1 aromatic carbocycles. The van der Waals surface area contributed by atoms with Crippen LogP contribution in [0.25, 0.3) is 0 Å². The molecule has 1 aliphatic rings. The van der Waals surface area contributed by atoms with E-state index in [4.69, 9.17) is 11.6 Å². The molecular weight excluding hydrogens is 246 g/mol. The third-order valence-corrected chi connectivity index (χ3v) is 4.08. The Balaban J connectivity index is 2.20. The highest BCUT2D eigenvalue weighted by Crippen LogP contribution is 2.32. The van der Waals surface area contributed by atoms with E-state index in [0.717, 1.165) is 25.1 Å². The first kappa shape index (κ1) is 13.2. The van der Waals surface area contributed by atoms with Gasteiger partial charge in [0.2, 0.25) is 0 Å². The van der Waals surface area contributed by atoms with Gasteiger partial charge in [-0.2, -0.15) is 5.26 Å². The normalized spacial score (nSPS) is 28.7. The maximum absolute atomic E-state index is 9.52. The van der Waals surface area contributed by atoms with Crippen molar-refractivity contribution in [2.24, 2.45) is 0 Å². The molecule has 2 atom stereocenters. The zero-order valence-electron chi connectivity index (χ0n) is 10.8. The maximum atomic E-state index is 9.52. The molecule has 1 heterocycles. The number of nitrogens with one attached hydrogen (secondary N) is 1. The van der Waals surface area contributed by atoms with E-state index >= 15 is 0 Å². The van der Waals surface area contributed by atoms with Crippen molar-refractivity contribution in [2.45, 2.75) is 31.3 Å². The van der Waals surface area contributed by atoms with Crippen molar-refractivity contribution in [1.29, 1.82) is 5.26 Å². The van der Waals surface area contributed by atoms with Crippen LogP contribution in [0.5, 0.6) is 0 Å². The summed E-state index contributed by atoms with van der Waals surface area (Å²) in [7, 11) is 2.10. The average molecular weight is 264 g/mol. The highest BCUT2D eigenvalue weighted by molar-refractivity contribution is 6.33. The SMILES string of the molecule is CC1CC(C#N)(Nc2ccccc2Cl)CCN1C. The minimum Gasteiger partial charge on any atom is -0.366 e. The first-order valence-electron chi connectivity index (χ1n) is 6.20. The van der Waals surface area contributed by atoms with E-state index < -0.39 is 5.54 Å². The van der Waals surface area contributed by atoms with E-state index in [1.165, 1.54) is 0 Å². The largest absolute Gasteiger partial charge is 0.366 e. The summed E-state index contributed by atoms with van der Waals surface area (Å²) < 4.78 is 0. The predicted octanol–water partition coefficient (Wildman–Crippen LogP) is 3.13. The fourth-order valence-corrected chi connectivity index (χ4v) is 2.60. The van der Waals surface area contributed by atoms with Crippen LogP contribution < -0.4 is 5.32 Å². The Bertz CT molecular complexity index is 468. The molecule has 1 saturated heterocycles. The van der Waals surface area contributed by atoms with Gasteiger partial charge >= 0.3 is 0 Å². The molecule has 1 aliphatic heterocycles. The monoisotopic (exact) mass is 263 g/mol. The van der Waals surface area contributed by atoms with Crippen molar-refractivity contribution in [2.75, 3.05) is 18.9 Å². The van der Waals surface area contributed by atoms with Gasteiger partial charge in [0.25, 0.3) is 0 Å². The fraction of sp³-hybridized carbons (Fsp3) is 0.500. The van der Waals surface area contributed by atoms with Crippen LogP contribution in [-0.4, -0.2) is 30.1 Å². The number of hydrogen-bond acceptors (Lipinski definition) is 3. The molecule has 0 aromatic heterocycles. The summed E-state index contributed by atoms with van der Waals surface area (Å²) in [6.07, 6.45) is 1.63. The van der Waals surface area contributed by atoms with Gasteiger partial charge in [-0.25, -0.2) is 0 Å². The third kappa shape index (κ3) is 2.60. The molecule has 0 aliphatic carbocycles. The Labute approximate surface area is 113 Å². The summed E-state index contributed by atoms with van der Waals surface area (Å²) >= 11 is 6.15. The Morgan fingerprint density at radius 3 is 2.83 bits per heavy atom. The van der Waals surface area contributed by atoms with Crippen LogP contribution in [0.3, 0.4) is 0 Å². The summed E-state index contributed by atoms with van der Waals surface area (Å²) in [5.41, 5.74) is 0.342. The van der Waals surface area contributed by atoms with E-state index in [0.29, 0.717) is 11.1 Å². The standard InChI is InChI=1S/C14H18ClN3/c1-11-9-14(10-16,7-8-18(11)2)17-13-6-4-3-5-12(13)15/h3-6,11,17H,7-9H2,1-2H3. The number of hydrogen-bond donors (Lipinski definition) is 1. The number of rotatable bonds is 2. The van der Waals surface area contributed by atoms with Gasteiger partial charge in [-0.15, -0.1) is 0 Å². The highest BCUT2D eigenvalue weighted by Gasteiger charge is 2.37. The van der Waals surface area contributed by atoms with Crippen LogP contribution in [-0.2, 0) is 0 Å². The first-order chi connectivity index (χ1) is 8.56. The predicted molar refractivity (Wildman–Crippen MR) is 74.7 cm³/mol. The Morgan fingerprint density at radius 2 is 2.22 bits per heavy atom. The van der Waals surface area contributed by atoms with Crippen molar-refractivity contribution in [3.05, 3.63) is 29.3 Å². The van der Waals surface area contributed by atoms with Gasteiger partial charge < -0.3 is 10.2 Å². The smallest absolute Gasteiger partial charge is 0.128 e. The number of likely N-dealkylation sites (tertiary alicyclic amines) is 1. The summed E-state index contributed by atoms with van der Waals surface area (Å²) in [5, 5.41) is 13.5. The Kier molecular flexibility index (Phi) is 3.79. The highest BCUT2D eigenvalue weighted by atomic mass is 35.5. The Hall–Kier alpha value is -1.24. The molecule has 0 amide bonds. The van der Waals surface area contributed by atoms with Crippen molar-refractivity contribution >= 4 is 17.3 Å². The molecule has 1 fully saturated rings. The van der Waals surface area contributed by atoms with E-state index in [2.05, 4.69) is 30.3 Å². The summed E-state index contributed by atoms with van der Waals surface area (Å²) in [6.45, 7) is 3.08. The molecule has 1 aromatic rings. The van der Waals surface area contributed by atoms with Crippen LogP contribution in [0.15, 0.2) is 24.3 Å². The summed E-state index contributed by atoms with van der Waals surface area (Å²) in [6, 6.07) is 10.4. The van der Waals surface area contributed by atoms with Crippen molar-refractivity contribution < 1.29 is 0 Å². The quantitative estimate of drug-likeness (QED) is 0.891. The molecule has 2 rings (SSSR count). The molecule has 4 heteroatoms. The topological polar surface area (TPSA) is 39.1 Å². The fourth-order valence-electron chi connectivity index (χ4n) is 2.41. The van der Waals surface area contributed by atoms with E-state index in [1.54, 1.807) is 0 Å². The molecule has 0 radical (unpaired) electrons. The number of nitriles is 1. The van der Waals surface area contributed by atoms with Gasteiger partial charge in [0, 0.05) is 12.6 Å². The van der Waals surface area contributed by atoms with Gasteiger partial charge in [0.05, 0.1) is 16.8 Å². The molecule has 0 saturated carbocycles. The van der Waals surface area contributed by atoms with Crippen molar-refractivity contribution in [3.8, 4) is 6.07 Å². The maximum Gasteiger partial charge on any atom is 0.128 e. The number of anilines is 1. The van der Waals surface area contributed by atoms with Gasteiger partial charge in [0.1, 0.15) is 5.54 Å². The lowest BCUT2D eigenvalue weighted by Gasteiger charge is -2.41. The second kappa shape index (κ2) is 5.17. The van der Waals surface area contributed by atoms with Gasteiger partial charge in [-0.05, 0) is 38.9 Å². The minimum atomic E-state index is -0.503. The van der Waals surface area contributed by atoms with Crippen LogP contribution in [0.1, 0.15) is 19.8 Å². The molecule has 2 unspecified atom stereocenters. The summed E-state index contributed by atoms with van der Waals surface area (Å²) in [5.74, 6) is 0. The lowest BCUT2D eigenvalue weighted by molar-refractivity contribution is 0.167. The second-order valence-electron chi connectivity index (χ2n) is 5.08. The second-order valence-corrected chi connectivity index (χ2v) is 5.49. The van der Waals surface area contributed by atoms with Gasteiger partial charge in [-0.3, -0.25) is 0 Å². The molecule has 3 nitrogen and oxygen atoms in total. The number of benzene rings is 1. The van der Waals surface area contributed by atoms with E-state index in [1.807, 2.05) is 24.3 Å². The van der Waals surface area contributed by atoms with Crippen LogP contribution in [0, 0.1) is 11.3 Å². The minimum absolute atomic E-state index is 0.397. The molecule has 1 N–H and O–H groups in total. The lowest BCUT2D eigenvalue weighted by Crippen LogP contribution is -2.51. The van der Waals surface area contributed by atoms with Crippen molar-refractivity contribution in [3.63, 3.8) is 0 Å². The summed E-state index contributed by atoms with van der Waals surface area (Å²) in [4.78, 5) is 2.28. The molecular formula is C14H18ClN3. The zero-order chi connectivity index (χ0) is 13.2. The molecule has 18 heavy (non-hydrogen) atoms. The first-order valence-corrected chi connectivity index (χ1v) is 6.58. The zero-order valence-corrected chi connectivity index (χ0v) is 11.5. The lowest BCUT2D eigenvalue weighted by atomic mass is 9.85. The van der Waals surface area contributed by atoms with Gasteiger partial charge in [-0.1, -0.05) is 23.7 Å². The molecule has 0 spiro atoms. The molecule has 96 valence electrons. The van der Waals surface area contributed by atoms with Crippen LogP contribution in [0.2, 0.25) is 5.02 Å². The van der Waals surface area contributed by atoms with Crippen molar-refractivity contribution in [1.82, 2.24) is 4.90 Å². The third-order valence-electron chi connectivity index (χ3n) is 3.75. The molecule has 0 bridgehead atoms. The number of piperidine rings is 1. The Morgan fingerprint density at radius 1 is 1.50 bits per heavy atom. The van der Waals surface area contributed by atoms with Crippen LogP contribution >= 0.6 is 11.6 Å².